The van der Waals surface area contributed by atoms with Gasteiger partial charge in [0, 0.05) is 9.35 Å². The third-order valence-electron chi connectivity index (χ3n) is 1.49. The van der Waals surface area contributed by atoms with Gasteiger partial charge in [-0.25, -0.2) is 13.6 Å². The van der Waals surface area contributed by atoms with Crippen molar-refractivity contribution in [2.45, 2.75) is 24.0 Å². The molecule has 0 radical (unpaired) electrons. The maximum atomic E-state index is 11.0. The van der Waals surface area contributed by atoms with E-state index in [-0.39, 0.29) is 4.21 Å². The first kappa shape index (κ1) is 11.2. The van der Waals surface area contributed by atoms with E-state index in [1.54, 1.807) is 6.07 Å². The van der Waals surface area contributed by atoms with Crippen LogP contribution in [0.4, 0.5) is 0 Å². The number of hydrogen-bond donors (Lipinski definition) is 1. The zero-order chi connectivity index (χ0) is 10.1. The highest BCUT2D eigenvalue weighted by Gasteiger charge is 2.14. The Kier molecular flexibility index (Phi) is 3.50. The van der Waals surface area contributed by atoms with E-state index in [0.29, 0.717) is 0 Å². The van der Waals surface area contributed by atoms with E-state index < -0.39 is 10.0 Å². The molecule has 1 heterocycles. The second kappa shape index (κ2) is 4.08. The highest BCUT2D eigenvalue weighted by molar-refractivity contribution is 9.10. The molecule has 6 heteroatoms. The summed E-state index contributed by atoms with van der Waals surface area (Å²) in [5, 5.41) is 5.00. The van der Waals surface area contributed by atoms with Crippen LogP contribution >= 0.6 is 27.3 Å². The van der Waals surface area contributed by atoms with E-state index in [1.165, 1.54) is 11.3 Å². The van der Waals surface area contributed by atoms with E-state index in [2.05, 4.69) is 15.9 Å². The molecule has 1 aromatic heterocycles. The molecule has 1 rings (SSSR count). The number of halogens is 1. The molecule has 1 aromatic rings. The number of primary sulfonamides is 1. The summed E-state index contributed by atoms with van der Waals surface area (Å²) in [6, 6.07) is 1.56. The lowest BCUT2D eigenvalue weighted by Gasteiger charge is -1.91. The second-order valence-corrected chi connectivity index (χ2v) is 6.41. The van der Waals surface area contributed by atoms with Crippen molar-refractivity contribution >= 4 is 37.3 Å². The minimum Gasteiger partial charge on any atom is -0.224 e. The Morgan fingerprint density at radius 1 is 1.62 bits per heavy atom. The van der Waals surface area contributed by atoms with Crippen LogP contribution in [0.3, 0.4) is 0 Å². The van der Waals surface area contributed by atoms with Gasteiger partial charge in [-0.05, 0) is 28.4 Å². The summed E-state index contributed by atoms with van der Waals surface area (Å²) < 4.78 is 23.0. The normalized spacial score (nSPS) is 11.9. The summed E-state index contributed by atoms with van der Waals surface area (Å²) >= 11 is 4.53. The van der Waals surface area contributed by atoms with Gasteiger partial charge in [0.25, 0.3) is 0 Å². The lowest BCUT2D eigenvalue weighted by molar-refractivity contribution is 0.600. The first-order valence-electron chi connectivity index (χ1n) is 3.76. The molecule has 0 aromatic carbocycles. The van der Waals surface area contributed by atoms with Gasteiger partial charge in [0.05, 0.1) is 0 Å². The summed E-state index contributed by atoms with van der Waals surface area (Å²) in [6.45, 7) is 2.04. The fourth-order valence-electron chi connectivity index (χ4n) is 0.921. The Hall–Kier alpha value is 0.0900. The minimum atomic E-state index is -3.53. The largest absolute Gasteiger partial charge is 0.247 e. The monoisotopic (exact) mass is 283 g/mol. The molecule has 0 amide bonds. The molecule has 74 valence electrons. The van der Waals surface area contributed by atoms with E-state index in [9.17, 15) is 8.42 Å². The minimum absolute atomic E-state index is 0.225. The zero-order valence-electron chi connectivity index (χ0n) is 7.08. The molecule has 0 saturated heterocycles. The van der Waals surface area contributed by atoms with Gasteiger partial charge in [-0.3, -0.25) is 0 Å². The molecule has 0 bridgehead atoms. The molecule has 0 spiro atoms. The zero-order valence-corrected chi connectivity index (χ0v) is 10.3. The average Bonchev–Trinajstić information content (AvgIpc) is 2.32. The van der Waals surface area contributed by atoms with Gasteiger partial charge >= 0.3 is 0 Å². The number of aryl methyl sites for hydroxylation is 1. The number of nitrogens with two attached hydrogens (primary N) is 1. The molecule has 13 heavy (non-hydrogen) atoms. The third kappa shape index (κ3) is 2.77. The Morgan fingerprint density at radius 3 is 2.62 bits per heavy atom. The molecular formula is C7H10BrNO2S2. The van der Waals surface area contributed by atoms with Gasteiger partial charge in [0.15, 0.2) is 0 Å². The number of thiophene rings is 1. The van der Waals surface area contributed by atoms with Crippen molar-refractivity contribution in [1.29, 1.82) is 0 Å². The Balaban J connectivity index is 3.09. The Bertz CT molecular complexity index is 397. The molecular weight excluding hydrogens is 274 g/mol. The molecule has 0 aliphatic heterocycles. The SMILES string of the molecule is CCCc1sc(S(N)(=O)=O)cc1Br. The van der Waals surface area contributed by atoms with Crippen LogP contribution in [0.5, 0.6) is 0 Å². The van der Waals surface area contributed by atoms with Crippen LogP contribution in [0.25, 0.3) is 0 Å². The van der Waals surface area contributed by atoms with Crippen LogP contribution in [0, 0.1) is 0 Å². The van der Waals surface area contributed by atoms with Crippen LogP contribution in [0.15, 0.2) is 14.7 Å². The van der Waals surface area contributed by atoms with E-state index >= 15 is 0 Å². The molecule has 0 fully saturated rings. The number of rotatable bonds is 3. The second-order valence-electron chi connectivity index (χ2n) is 2.63. The quantitative estimate of drug-likeness (QED) is 0.924. The smallest absolute Gasteiger partial charge is 0.224 e. The van der Waals surface area contributed by atoms with Crippen molar-refractivity contribution in [1.82, 2.24) is 0 Å². The fourth-order valence-corrected chi connectivity index (χ4v) is 3.83. The third-order valence-corrected chi connectivity index (χ3v) is 5.08. The summed E-state index contributed by atoms with van der Waals surface area (Å²) in [5.41, 5.74) is 0. The van der Waals surface area contributed by atoms with Crippen molar-refractivity contribution < 1.29 is 8.42 Å². The molecule has 0 unspecified atom stereocenters. The Labute approximate surface area is 90.1 Å². The standard InChI is InChI=1S/C7H10BrNO2S2/c1-2-3-6-5(8)4-7(12-6)13(9,10)11/h4H,2-3H2,1H3,(H2,9,10,11). The molecule has 3 nitrogen and oxygen atoms in total. The van der Waals surface area contributed by atoms with Gasteiger partial charge < -0.3 is 0 Å². The van der Waals surface area contributed by atoms with Crippen molar-refractivity contribution in [3.63, 3.8) is 0 Å². The molecule has 0 aliphatic rings. The summed E-state index contributed by atoms with van der Waals surface area (Å²) in [7, 11) is -3.53. The van der Waals surface area contributed by atoms with E-state index in [4.69, 9.17) is 5.14 Å². The Morgan fingerprint density at radius 2 is 2.23 bits per heavy atom. The lowest BCUT2D eigenvalue weighted by atomic mass is 10.3. The average molecular weight is 284 g/mol. The van der Waals surface area contributed by atoms with Crippen LogP contribution in [-0.2, 0) is 16.4 Å². The molecule has 0 saturated carbocycles. The van der Waals surface area contributed by atoms with Crippen LogP contribution in [0.2, 0.25) is 0 Å². The predicted molar refractivity (Wildman–Crippen MR) is 57.4 cm³/mol. The first-order valence-corrected chi connectivity index (χ1v) is 6.91. The maximum Gasteiger partial charge on any atom is 0.247 e. The molecule has 0 aliphatic carbocycles. The van der Waals surface area contributed by atoms with Crippen molar-refractivity contribution in [3.8, 4) is 0 Å². The van der Waals surface area contributed by atoms with Gasteiger partial charge in [0.1, 0.15) is 4.21 Å². The number of hydrogen-bond acceptors (Lipinski definition) is 3. The van der Waals surface area contributed by atoms with Gasteiger partial charge in [-0.1, -0.05) is 13.3 Å². The first-order chi connectivity index (χ1) is 5.95. The van der Waals surface area contributed by atoms with Crippen LogP contribution < -0.4 is 5.14 Å². The molecule has 0 atom stereocenters. The number of sulfonamides is 1. The summed E-state index contributed by atoms with van der Waals surface area (Å²) in [4.78, 5) is 1.03. The van der Waals surface area contributed by atoms with E-state index in [0.717, 1.165) is 22.2 Å². The highest BCUT2D eigenvalue weighted by atomic mass is 79.9. The van der Waals surface area contributed by atoms with E-state index in [1.807, 2.05) is 6.92 Å². The topological polar surface area (TPSA) is 60.2 Å². The molecule has 2 N–H and O–H groups in total. The van der Waals surface area contributed by atoms with Gasteiger partial charge in [0.2, 0.25) is 10.0 Å². The predicted octanol–water partition coefficient (Wildman–Crippen LogP) is 2.11. The fraction of sp³-hybridized carbons (Fsp3) is 0.429. The summed E-state index contributed by atoms with van der Waals surface area (Å²) in [6.07, 6.45) is 1.87. The van der Waals surface area contributed by atoms with Crippen LogP contribution in [0.1, 0.15) is 18.2 Å². The maximum absolute atomic E-state index is 11.0. The van der Waals surface area contributed by atoms with Crippen molar-refractivity contribution in [2.75, 3.05) is 0 Å². The van der Waals surface area contributed by atoms with Crippen molar-refractivity contribution in [2.24, 2.45) is 5.14 Å². The summed E-state index contributed by atoms with van der Waals surface area (Å²) in [5.74, 6) is 0. The van der Waals surface area contributed by atoms with Crippen molar-refractivity contribution in [3.05, 3.63) is 15.4 Å². The van der Waals surface area contributed by atoms with Gasteiger partial charge in [-0.15, -0.1) is 11.3 Å². The van der Waals surface area contributed by atoms with Gasteiger partial charge in [-0.2, -0.15) is 0 Å². The lowest BCUT2D eigenvalue weighted by Crippen LogP contribution is -2.09. The van der Waals surface area contributed by atoms with Crippen LogP contribution in [-0.4, -0.2) is 8.42 Å². The highest BCUT2D eigenvalue weighted by Crippen LogP contribution is 2.30.